The van der Waals surface area contributed by atoms with E-state index in [0.717, 1.165) is 0 Å². The number of rotatable bonds is 6. The number of hydrogen-bond acceptors (Lipinski definition) is 9. The van der Waals surface area contributed by atoms with Gasteiger partial charge in [0.15, 0.2) is 19.6 Å². The molecule has 0 bridgehead atoms. The van der Waals surface area contributed by atoms with Crippen molar-refractivity contribution in [2.75, 3.05) is 19.6 Å². The van der Waals surface area contributed by atoms with Gasteiger partial charge in [-0.3, -0.25) is 14.4 Å². The van der Waals surface area contributed by atoms with Crippen LogP contribution in [0.1, 0.15) is 0 Å². The van der Waals surface area contributed by atoms with Gasteiger partial charge in [0.1, 0.15) is 0 Å². The summed E-state index contributed by atoms with van der Waals surface area (Å²) in [5, 5.41) is 29.1. The summed E-state index contributed by atoms with van der Waals surface area (Å²) in [5.74, 6) is -3.57. The molecule has 0 aromatic heterocycles. The van der Waals surface area contributed by atoms with Crippen LogP contribution in [0.2, 0.25) is 0 Å². The molecular weight excluding hydrogens is 359 g/mol. The van der Waals surface area contributed by atoms with Gasteiger partial charge in [-0.2, -0.15) is 14.7 Å². The Balaban J connectivity index is -0.0000000865. The van der Waals surface area contributed by atoms with Crippen LogP contribution < -0.4 is 0 Å². The third kappa shape index (κ3) is 64.9. The molecule has 0 amide bonds. The van der Waals surface area contributed by atoms with E-state index in [-0.39, 0.29) is 19.5 Å². The van der Waals surface area contributed by atoms with Gasteiger partial charge in [0.05, 0.1) is 0 Å². The Hall–Kier alpha value is -2.17. The number of aliphatic carboxylic acids is 3. The van der Waals surface area contributed by atoms with Crippen molar-refractivity contribution in [1.29, 1.82) is 0 Å². The summed E-state index contributed by atoms with van der Waals surface area (Å²) >= 11 is 0. The van der Waals surface area contributed by atoms with Crippen molar-refractivity contribution in [1.82, 2.24) is 0 Å². The van der Waals surface area contributed by atoms with Crippen molar-refractivity contribution in [3.8, 4) is 0 Å². The van der Waals surface area contributed by atoms with E-state index in [9.17, 15) is 14.4 Å². The van der Waals surface area contributed by atoms with Gasteiger partial charge >= 0.3 is 17.9 Å². The van der Waals surface area contributed by atoms with E-state index in [1.54, 1.807) is 0 Å². The number of nitrogens with zero attached hydrogens (tertiary/aromatic N) is 3. The van der Waals surface area contributed by atoms with Gasteiger partial charge in [0, 0.05) is 19.5 Å². The van der Waals surface area contributed by atoms with Gasteiger partial charge in [-0.1, -0.05) is 15.5 Å². The first-order valence-corrected chi connectivity index (χ1v) is 3.84. The summed E-state index contributed by atoms with van der Waals surface area (Å²) in [6, 6.07) is 0. The van der Waals surface area contributed by atoms with Crippen LogP contribution in [0.4, 0.5) is 0 Å². The molecule has 0 spiro atoms. The fourth-order valence-electron chi connectivity index (χ4n) is 0.166. The van der Waals surface area contributed by atoms with Crippen LogP contribution in [0.25, 0.3) is 0 Å². The Kier molecular flexibility index (Phi) is 28.5. The van der Waals surface area contributed by atoms with Gasteiger partial charge in [-0.15, -0.1) is 0 Å². The summed E-state index contributed by atoms with van der Waals surface area (Å²) in [7, 11) is 0. The van der Waals surface area contributed by atoms with Crippen molar-refractivity contribution in [2.45, 2.75) is 0 Å². The maximum atomic E-state index is 9.31. The van der Waals surface area contributed by atoms with E-state index in [0.29, 0.717) is 0 Å². The molecule has 0 aliphatic rings. The molecule has 0 unspecified atom stereocenters. The third-order valence-electron chi connectivity index (χ3n) is 0.599. The Bertz CT molecular complexity index is 261. The fourth-order valence-corrected chi connectivity index (χ4v) is 0.166. The first-order valence-electron chi connectivity index (χ1n) is 3.84. The molecular formula is C6H9N3O9Ru. The monoisotopic (exact) mass is 369 g/mol. The van der Waals surface area contributed by atoms with E-state index in [4.69, 9.17) is 30.0 Å². The van der Waals surface area contributed by atoms with E-state index >= 15 is 0 Å². The average molecular weight is 368 g/mol. The maximum absolute atomic E-state index is 9.31. The Morgan fingerprint density at radius 1 is 0.632 bits per heavy atom. The standard InChI is InChI=1S/3C2H3NO3.Ru/c3*4-2(5)1-3-6;/h3*1H2,(H,4,5);. The smallest absolute Gasteiger partial charge is 0.328 e. The average Bonchev–Trinajstić information content (AvgIpc) is 2.18. The SMILES string of the molecule is O=NCC(=O)O.O=NCC(=O)O.O=NCC(=O)O.[Ru]. The number of nitroso groups, excluding NO2 is 3. The fraction of sp³-hybridized carbons (Fsp3) is 0.500. The van der Waals surface area contributed by atoms with Gasteiger partial charge in [-0.05, 0) is 0 Å². The van der Waals surface area contributed by atoms with Crippen LogP contribution in [0, 0.1) is 14.7 Å². The molecule has 0 aliphatic heterocycles. The van der Waals surface area contributed by atoms with Crippen LogP contribution in [-0.2, 0) is 33.9 Å². The minimum Gasteiger partial charge on any atom is -0.480 e. The van der Waals surface area contributed by atoms with E-state index in [2.05, 4.69) is 15.5 Å². The van der Waals surface area contributed by atoms with Gasteiger partial charge in [0.2, 0.25) is 0 Å². The van der Waals surface area contributed by atoms with E-state index < -0.39 is 37.5 Å². The molecule has 19 heavy (non-hydrogen) atoms. The summed E-state index contributed by atoms with van der Waals surface area (Å²) in [6.45, 7) is -1.92. The minimum atomic E-state index is -1.19. The zero-order chi connectivity index (χ0) is 15.0. The number of carbonyl (C=O) groups is 3. The Morgan fingerprint density at radius 2 is 0.789 bits per heavy atom. The predicted octanol–water partition coefficient (Wildman–Crippen LogP) is -0.490. The molecule has 3 N–H and O–H groups in total. The van der Waals surface area contributed by atoms with Crippen molar-refractivity contribution < 1.29 is 49.2 Å². The van der Waals surface area contributed by atoms with Crippen molar-refractivity contribution in [3.63, 3.8) is 0 Å². The van der Waals surface area contributed by atoms with Crippen LogP contribution in [0.3, 0.4) is 0 Å². The van der Waals surface area contributed by atoms with Crippen molar-refractivity contribution in [2.24, 2.45) is 15.5 Å². The van der Waals surface area contributed by atoms with E-state index in [1.165, 1.54) is 0 Å². The number of hydrogen-bond donors (Lipinski definition) is 3. The first kappa shape index (κ1) is 25.6. The second-order valence-corrected chi connectivity index (χ2v) is 2.04. The van der Waals surface area contributed by atoms with Crippen LogP contribution in [0.15, 0.2) is 15.5 Å². The Morgan fingerprint density at radius 3 is 0.789 bits per heavy atom. The zero-order valence-corrected chi connectivity index (χ0v) is 10.8. The number of carboxylic acids is 3. The Labute approximate surface area is 117 Å². The van der Waals surface area contributed by atoms with Crippen LogP contribution >= 0.6 is 0 Å². The maximum Gasteiger partial charge on any atom is 0.328 e. The minimum absolute atomic E-state index is 0. The molecule has 0 aromatic rings. The van der Waals surface area contributed by atoms with Gasteiger partial charge in [0.25, 0.3) is 0 Å². The second kappa shape index (κ2) is 21.2. The summed E-state index contributed by atoms with van der Waals surface area (Å²) in [4.78, 5) is 54.9. The quantitative estimate of drug-likeness (QED) is 0.408. The third-order valence-corrected chi connectivity index (χ3v) is 0.599. The second-order valence-electron chi connectivity index (χ2n) is 2.04. The molecule has 0 fully saturated rings. The molecule has 13 heteroatoms. The molecule has 0 atom stereocenters. The number of carboxylic acid groups (broad SMARTS) is 3. The van der Waals surface area contributed by atoms with E-state index in [1.807, 2.05) is 0 Å². The molecule has 0 saturated heterocycles. The van der Waals surface area contributed by atoms with Crippen molar-refractivity contribution >= 4 is 17.9 Å². The molecule has 0 heterocycles. The molecule has 0 aliphatic carbocycles. The van der Waals surface area contributed by atoms with Gasteiger partial charge < -0.3 is 15.3 Å². The van der Waals surface area contributed by atoms with Crippen LogP contribution in [-0.4, -0.2) is 52.9 Å². The van der Waals surface area contributed by atoms with Crippen LogP contribution in [0.5, 0.6) is 0 Å². The topological polar surface area (TPSA) is 200 Å². The summed E-state index contributed by atoms with van der Waals surface area (Å²) in [6.07, 6.45) is 0. The molecule has 110 valence electrons. The summed E-state index contributed by atoms with van der Waals surface area (Å²) < 4.78 is 0. The summed E-state index contributed by atoms with van der Waals surface area (Å²) in [5.41, 5.74) is 0. The molecule has 0 aromatic carbocycles. The molecule has 0 radical (unpaired) electrons. The first-order chi connectivity index (χ1) is 8.31. The predicted molar refractivity (Wildman–Crippen MR) is 54.9 cm³/mol. The zero-order valence-electron chi connectivity index (χ0n) is 9.11. The van der Waals surface area contributed by atoms with Crippen molar-refractivity contribution in [3.05, 3.63) is 14.7 Å². The van der Waals surface area contributed by atoms with Gasteiger partial charge in [-0.25, -0.2) is 0 Å². The largest absolute Gasteiger partial charge is 0.480 e. The molecule has 0 saturated carbocycles. The normalized spacial score (nSPS) is 6.95. The molecule has 12 nitrogen and oxygen atoms in total. The molecule has 0 rings (SSSR count).